The van der Waals surface area contributed by atoms with E-state index in [9.17, 15) is 13.2 Å². The lowest BCUT2D eigenvalue weighted by Gasteiger charge is -2.09. The first-order valence-electron chi connectivity index (χ1n) is 9.47. The van der Waals surface area contributed by atoms with Crippen LogP contribution in [0.2, 0.25) is 0 Å². The molecule has 0 saturated carbocycles. The van der Waals surface area contributed by atoms with Crippen LogP contribution in [0.15, 0.2) is 77.7 Å². The largest absolute Gasteiger partial charge is 0.479 e. The Morgan fingerprint density at radius 3 is 2.26 bits per heavy atom. The summed E-state index contributed by atoms with van der Waals surface area (Å²) in [7, 11) is -4.19. The van der Waals surface area contributed by atoms with Gasteiger partial charge in [-0.25, -0.2) is 4.79 Å². The van der Waals surface area contributed by atoms with Crippen molar-refractivity contribution in [1.29, 1.82) is 0 Å². The van der Waals surface area contributed by atoms with Crippen LogP contribution < -0.4 is 5.73 Å². The molecule has 0 aliphatic heterocycles. The number of nitrogens with two attached hydrogens (primary N) is 1. The number of carboxylic acid groups (broad SMARTS) is 1. The molecular formula is C23H25NO6S. The van der Waals surface area contributed by atoms with Crippen molar-refractivity contribution in [3.63, 3.8) is 0 Å². The predicted octanol–water partition coefficient (Wildman–Crippen LogP) is 3.21. The second-order valence-corrected chi connectivity index (χ2v) is 8.26. The number of carbonyl (C=O) groups is 1. The summed E-state index contributed by atoms with van der Waals surface area (Å²) in [5, 5.41) is 17.4. The van der Waals surface area contributed by atoms with Gasteiger partial charge in [-0.05, 0) is 59.8 Å². The van der Waals surface area contributed by atoms with E-state index in [2.05, 4.69) is 0 Å². The van der Waals surface area contributed by atoms with Crippen LogP contribution in [0.5, 0.6) is 0 Å². The van der Waals surface area contributed by atoms with Gasteiger partial charge in [-0.15, -0.1) is 0 Å². The van der Waals surface area contributed by atoms with E-state index in [1.807, 2.05) is 31.2 Å². The number of hydrogen-bond acceptors (Lipinski definition) is 5. The number of aliphatic hydroxyl groups is 1. The standard InChI is InChI=1S/C15H17NO3S.C8H8O3/c1-11-5-6-14(20(17,18)19)10-15(11)13-4-2-3-12(9-13)7-8-16;9-7(8(10)11)6-4-2-1-3-5-6/h2-6,9-10H,7-8,16H2,1H3,(H,17,18,19);1-5,7,9H,(H,10,11). The SMILES string of the molecule is Cc1ccc(S(=O)(=O)O)cc1-c1cccc(CCN)c1.O=C(O)C(O)c1ccccc1. The topological polar surface area (TPSA) is 138 Å². The lowest BCUT2D eigenvalue weighted by molar-refractivity contribution is -0.146. The van der Waals surface area contributed by atoms with E-state index in [0.29, 0.717) is 12.1 Å². The summed E-state index contributed by atoms with van der Waals surface area (Å²) in [6.07, 6.45) is -0.638. The van der Waals surface area contributed by atoms with Crippen LogP contribution in [0, 0.1) is 6.92 Å². The smallest absolute Gasteiger partial charge is 0.337 e. The summed E-state index contributed by atoms with van der Waals surface area (Å²) in [5.74, 6) is -1.23. The first kappa shape index (κ1) is 24.2. The van der Waals surface area contributed by atoms with E-state index in [1.54, 1.807) is 36.4 Å². The fraction of sp³-hybridized carbons (Fsp3) is 0.174. The Hall–Kier alpha value is -3.04. The molecule has 3 aromatic rings. The van der Waals surface area contributed by atoms with Crippen molar-refractivity contribution >= 4 is 16.1 Å². The van der Waals surface area contributed by atoms with E-state index >= 15 is 0 Å². The molecule has 0 bridgehead atoms. The number of hydrogen-bond donors (Lipinski definition) is 4. The molecule has 0 radical (unpaired) electrons. The molecule has 3 rings (SSSR count). The third kappa shape index (κ3) is 7.01. The molecule has 31 heavy (non-hydrogen) atoms. The Morgan fingerprint density at radius 2 is 1.68 bits per heavy atom. The average Bonchev–Trinajstić information content (AvgIpc) is 2.74. The fourth-order valence-corrected chi connectivity index (χ4v) is 3.42. The molecular weight excluding hydrogens is 418 g/mol. The fourth-order valence-electron chi connectivity index (χ4n) is 2.91. The molecule has 1 atom stereocenters. The van der Waals surface area contributed by atoms with E-state index in [4.69, 9.17) is 20.5 Å². The van der Waals surface area contributed by atoms with Crippen LogP contribution in [-0.2, 0) is 21.3 Å². The first-order valence-corrected chi connectivity index (χ1v) is 10.9. The third-order valence-corrected chi connectivity index (χ3v) is 5.38. The molecule has 0 aliphatic carbocycles. The molecule has 3 aromatic carbocycles. The zero-order chi connectivity index (χ0) is 23.0. The lowest BCUT2D eigenvalue weighted by atomic mass is 9.98. The second kappa shape index (κ2) is 10.8. The van der Waals surface area contributed by atoms with Gasteiger partial charge in [-0.2, -0.15) is 8.42 Å². The average molecular weight is 444 g/mol. The van der Waals surface area contributed by atoms with Gasteiger partial charge in [-0.1, -0.05) is 60.7 Å². The molecule has 0 heterocycles. The number of aliphatic carboxylic acids is 1. The third-order valence-electron chi connectivity index (χ3n) is 4.53. The molecule has 0 aliphatic rings. The van der Waals surface area contributed by atoms with E-state index in [-0.39, 0.29) is 4.90 Å². The van der Waals surface area contributed by atoms with E-state index in [0.717, 1.165) is 28.7 Å². The monoisotopic (exact) mass is 443 g/mol. The Morgan fingerprint density at radius 1 is 1.00 bits per heavy atom. The van der Waals surface area contributed by atoms with E-state index < -0.39 is 22.2 Å². The molecule has 7 nitrogen and oxygen atoms in total. The highest BCUT2D eigenvalue weighted by molar-refractivity contribution is 7.85. The summed E-state index contributed by atoms with van der Waals surface area (Å²) in [6, 6.07) is 20.6. The van der Waals surface area contributed by atoms with Gasteiger partial charge < -0.3 is 15.9 Å². The quantitative estimate of drug-likeness (QED) is 0.429. The Balaban J connectivity index is 0.000000262. The van der Waals surface area contributed by atoms with Crippen LogP contribution >= 0.6 is 0 Å². The number of aliphatic hydroxyl groups excluding tert-OH is 1. The summed E-state index contributed by atoms with van der Waals surface area (Å²) < 4.78 is 31.6. The van der Waals surface area contributed by atoms with Gasteiger partial charge in [0.05, 0.1) is 4.90 Å². The lowest BCUT2D eigenvalue weighted by Crippen LogP contribution is -2.09. The van der Waals surface area contributed by atoms with Crippen molar-refractivity contribution in [1.82, 2.24) is 0 Å². The van der Waals surface area contributed by atoms with Gasteiger partial charge in [0.15, 0.2) is 6.10 Å². The van der Waals surface area contributed by atoms with Crippen LogP contribution in [0.3, 0.4) is 0 Å². The highest BCUT2D eigenvalue weighted by Crippen LogP contribution is 2.27. The maximum Gasteiger partial charge on any atom is 0.337 e. The summed E-state index contributed by atoms with van der Waals surface area (Å²) >= 11 is 0. The number of benzene rings is 3. The maximum atomic E-state index is 11.2. The van der Waals surface area contributed by atoms with Gasteiger partial charge >= 0.3 is 5.97 Å². The molecule has 0 spiro atoms. The maximum absolute atomic E-state index is 11.2. The van der Waals surface area contributed by atoms with Crippen LogP contribution in [0.25, 0.3) is 11.1 Å². The number of carboxylic acids is 1. The van der Waals surface area contributed by atoms with Crippen molar-refractivity contribution in [2.75, 3.05) is 6.54 Å². The molecule has 0 aromatic heterocycles. The highest BCUT2D eigenvalue weighted by Gasteiger charge is 2.14. The minimum atomic E-state index is -4.19. The molecule has 1 unspecified atom stereocenters. The molecule has 0 saturated heterocycles. The Kier molecular flexibility index (Phi) is 8.47. The van der Waals surface area contributed by atoms with Crippen molar-refractivity contribution in [3.8, 4) is 11.1 Å². The minimum absolute atomic E-state index is 0.0951. The van der Waals surface area contributed by atoms with Gasteiger partial charge in [0.2, 0.25) is 0 Å². The normalized spacial score (nSPS) is 11.9. The van der Waals surface area contributed by atoms with E-state index in [1.165, 1.54) is 12.1 Å². The highest BCUT2D eigenvalue weighted by atomic mass is 32.2. The van der Waals surface area contributed by atoms with Crippen LogP contribution in [0.1, 0.15) is 22.8 Å². The van der Waals surface area contributed by atoms with Gasteiger partial charge in [0.1, 0.15) is 0 Å². The van der Waals surface area contributed by atoms with Crippen LogP contribution in [0.4, 0.5) is 0 Å². The van der Waals surface area contributed by atoms with Gasteiger partial charge in [-0.3, -0.25) is 4.55 Å². The molecule has 164 valence electrons. The van der Waals surface area contributed by atoms with Gasteiger partial charge in [0, 0.05) is 0 Å². The molecule has 0 fully saturated rings. The zero-order valence-electron chi connectivity index (χ0n) is 17.0. The van der Waals surface area contributed by atoms with Gasteiger partial charge in [0.25, 0.3) is 10.1 Å². The van der Waals surface area contributed by atoms with Crippen LogP contribution in [-0.4, -0.2) is 35.7 Å². The summed E-state index contributed by atoms with van der Waals surface area (Å²) in [4.78, 5) is 10.2. The minimum Gasteiger partial charge on any atom is -0.479 e. The summed E-state index contributed by atoms with van der Waals surface area (Å²) in [6.45, 7) is 2.46. The van der Waals surface area contributed by atoms with Crippen molar-refractivity contribution in [3.05, 3.63) is 89.5 Å². The molecule has 5 N–H and O–H groups in total. The number of aryl methyl sites for hydroxylation is 1. The summed E-state index contributed by atoms with van der Waals surface area (Å²) in [5.41, 5.74) is 9.70. The predicted molar refractivity (Wildman–Crippen MR) is 118 cm³/mol. The van der Waals surface area contributed by atoms with Crippen molar-refractivity contribution in [2.45, 2.75) is 24.3 Å². The second-order valence-electron chi connectivity index (χ2n) is 6.84. The molecule has 0 amide bonds. The first-order chi connectivity index (χ1) is 14.6. The molecule has 8 heteroatoms. The Labute approximate surface area is 181 Å². The van der Waals surface area contributed by atoms with Crippen molar-refractivity contribution in [2.24, 2.45) is 5.73 Å². The van der Waals surface area contributed by atoms with Crippen molar-refractivity contribution < 1.29 is 28.0 Å². The zero-order valence-corrected chi connectivity index (χ0v) is 17.8. The number of rotatable bonds is 6. The Bertz CT molecular complexity index is 1130.